The molecule has 21 heavy (non-hydrogen) atoms. The Labute approximate surface area is 128 Å². The normalized spacial score (nSPS) is 12.4. The lowest BCUT2D eigenvalue weighted by Gasteiger charge is -2.31. The molecule has 0 spiro atoms. The SMILES string of the molecule is CCCNc1ccncc1S(=O)(=O)NC(CC)(CC)CC. The maximum Gasteiger partial charge on any atom is 0.244 e. The standard InChI is InChI=1S/C15H27N3O2S/c1-5-10-17-13-9-11-16-12-14(13)21(19,20)18-15(6-2,7-3)8-4/h9,11-12,18H,5-8,10H2,1-4H3,(H,16,17). The van der Waals surface area contributed by atoms with Gasteiger partial charge in [-0.1, -0.05) is 27.7 Å². The monoisotopic (exact) mass is 313 g/mol. The molecule has 1 aromatic heterocycles. The van der Waals surface area contributed by atoms with Gasteiger partial charge in [0.25, 0.3) is 0 Å². The smallest absolute Gasteiger partial charge is 0.244 e. The van der Waals surface area contributed by atoms with Crippen molar-refractivity contribution in [1.29, 1.82) is 0 Å². The molecule has 2 N–H and O–H groups in total. The number of sulfonamides is 1. The Bertz CT molecular complexity index is 531. The Hall–Kier alpha value is -1.14. The highest BCUT2D eigenvalue weighted by atomic mass is 32.2. The summed E-state index contributed by atoms with van der Waals surface area (Å²) < 4.78 is 28.3. The first-order valence-electron chi connectivity index (χ1n) is 7.66. The van der Waals surface area contributed by atoms with Crippen LogP contribution in [-0.2, 0) is 10.0 Å². The average Bonchev–Trinajstić information content (AvgIpc) is 2.51. The van der Waals surface area contributed by atoms with Gasteiger partial charge >= 0.3 is 0 Å². The van der Waals surface area contributed by atoms with Crippen molar-refractivity contribution >= 4 is 15.7 Å². The van der Waals surface area contributed by atoms with Gasteiger partial charge in [-0.3, -0.25) is 4.98 Å². The molecule has 0 bridgehead atoms. The molecule has 0 saturated heterocycles. The quantitative estimate of drug-likeness (QED) is 0.734. The van der Waals surface area contributed by atoms with Crippen LogP contribution in [-0.4, -0.2) is 25.5 Å². The van der Waals surface area contributed by atoms with Gasteiger partial charge in [0, 0.05) is 24.5 Å². The van der Waals surface area contributed by atoms with Crippen molar-refractivity contribution in [3.05, 3.63) is 18.5 Å². The summed E-state index contributed by atoms with van der Waals surface area (Å²) in [5.41, 5.74) is 0.216. The molecule has 0 aliphatic rings. The summed E-state index contributed by atoms with van der Waals surface area (Å²) in [6.45, 7) is 8.79. The maximum absolute atomic E-state index is 12.7. The van der Waals surface area contributed by atoms with Gasteiger partial charge in [0.2, 0.25) is 10.0 Å². The topological polar surface area (TPSA) is 71.1 Å². The fourth-order valence-corrected chi connectivity index (χ4v) is 4.05. The lowest BCUT2D eigenvalue weighted by atomic mass is 9.91. The van der Waals surface area contributed by atoms with Gasteiger partial charge < -0.3 is 5.32 Å². The number of hydrogen-bond acceptors (Lipinski definition) is 4. The Kier molecular flexibility index (Phi) is 6.61. The number of hydrogen-bond donors (Lipinski definition) is 2. The first-order chi connectivity index (χ1) is 9.94. The average molecular weight is 313 g/mol. The van der Waals surface area contributed by atoms with Crippen molar-refractivity contribution in [2.75, 3.05) is 11.9 Å². The fraction of sp³-hybridized carbons (Fsp3) is 0.667. The summed E-state index contributed by atoms with van der Waals surface area (Å²) in [6.07, 6.45) is 6.22. The summed E-state index contributed by atoms with van der Waals surface area (Å²) >= 11 is 0. The molecule has 5 nitrogen and oxygen atoms in total. The van der Waals surface area contributed by atoms with Gasteiger partial charge in [-0.2, -0.15) is 0 Å². The van der Waals surface area contributed by atoms with Gasteiger partial charge in [0.05, 0.1) is 5.69 Å². The zero-order valence-electron chi connectivity index (χ0n) is 13.4. The van der Waals surface area contributed by atoms with Crippen LogP contribution < -0.4 is 10.0 Å². The Morgan fingerprint density at radius 1 is 1.14 bits per heavy atom. The van der Waals surface area contributed by atoms with Crippen molar-refractivity contribution in [1.82, 2.24) is 9.71 Å². The van der Waals surface area contributed by atoms with E-state index in [2.05, 4.69) is 15.0 Å². The number of anilines is 1. The van der Waals surface area contributed by atoms with E-state index in [-0.39, 0.29) is 4.90 Å². The molecule has 1 aromatic rings. The summed E-state index contributed by atoms with van der Waals surface area (Å²) in [5, 5.41) is 3.15. The van der Waals surface area contributed by atoms with E-state index < -0.39 is 15.6 Å². The molecule has 120 valence electrons. The van der Waals surface area contributed by atoms with Gasteiger partial charge in [-0.15, -0.1) is 0 Å². The van der Waals surface area contributed by atoms with Gasteiger partial charge in [0.1, 0.15) is 4.90 Å². The molecule has 0 amide bonds. The fourth-order valence-electron chi connectivity index (χ4n) is 2.31. The first-order valence-corrected chi connectivity index (χ1v) is 9.14. The van der Waals surface area contributed by atoms with Crippen LogP contribution in [0.2, 0.25) is 0 Å². The number of nitrogens with one attached hydrogen (secondary N) is 2. The van der Waals surface area contributed by atoms with Crippen LogP contribution in [0.15, 0.2) is 23.4 Å². The molecule has 0 radical (unpaired) electrons. The third-order valence-corrected chi connectivity index (χ3v) is 5.63. The van der Waals surface area contributed by atoms with Gasteiger partial charge in [-0.25, -0.2) is 13.1 Å². The first kappa shape index (κ1) is 17.9. The predicted molar refractivity (Wildman–Crippen MR) is 86.9 cm³/mol. The Morgan fingerprint density at radius 3 is 2.29 bits per heavy atom. The van der Waals surface area contributed by atoms with E-state index >= 15 is 0 Å². The van der Waals surface area contributed by atoms with E-state index in [9.17, 15) is 8.42 Å². The van der Waals surface area contributed by atoms with Crippen molar-refractivity contribution in [2.45, 2.75) is 63.8 Å². The molecule has 0 aliphatic heterocycles. The van der Waals surface area contributed by atoms with Crippen molar-refractivity contribution in [3.8, 4) is 0 Å². The highest BCUT2D eigenvalue weighted by molar-refractivity contribution is 7.89. The molecular formula is C15H27N3O2S. The summed E-state index contributed by atoms with van der Waals surface area (Å²) in [7, 11) is -3.59. The summed E-state index contributed by atoms with van der Waals surface area (Å²) in [4.78, 5) is 4.19. The molecule has 1 heterocycles. The van der Waals surface area contributed by atoms with Crippen LogP contribution in [0.5, 0.6) is 0 Å². The molecule has 0 unspecified atom stereocenters. The Morgan fingerprint density at radius 2 is 1.76 bits per heavy atom. The Balaban J connectivity index is 3.13. The van der Waals surface area contributed by atoms with E-state index in [4.69, 9.17) is 0 Å². The van der Waals surface area contributed by atoms with Crippen LogP contribution in [0.25, 0.3) is 0 Å². The van der Waals surface area contributed by atoms with Crippen LogP contribution in [0.3, 0.4) is 0 Å². The zero-order valence-corrected chi connectivity index (χ0v) is 14.3. The molecule has 0 aliphatic carbocycles. The second-order valence-electron chi connectivity index (χ2n) is 5.25. The number of aromatic nitrogens is 1. The van der Waals surface area contributed by atoms with Crippen molar-refractivity contribution < 1.29 is 8.42 Å². The highest BCUT2D eigenvalue weighted by Gasteiger charge is 2.31. The second-order valence-corrected chi connectivity index (χ2v) is 6.90. The van der Waals surface area contributed by atoms with Crippen molar-refractivity contribution in [2.24, 2.45) is 0 Å². The predicted octanol–water partition coefficient (Wildman–Crippen LogP) is 3.15. The minimum Gasteiger partial charge on any atom is -0.384 e. The van der Waals surface area contributed by atoms with E-state index in [0.29, 0.717) is 5.69 Å². The van der Waals surface area contributed by atoms with E-state index in [0.717, 1.165) is 32.2 Å². The second kappa shape index (κ2) is 7.75. The third-order valence-electron chi connectivity index (χ3n) is 4.02. The summed E-state index contributed by atoms with van der Waals surface area (Å²) in [5.74, 6) is 0. The molecule has 0 aromatic carbocycles. The molecule has 0 fully saturated rings. The van der Waals surface area contributed by atoms with E-state index in [1.165, 1.54) is 6.20 Å². The minimum atomic E-state index is -3.59. The van der Waals surface area contributed by atoms with E-state index in [1.54, 1.807) is 12.3 Å². The zero-order chi connectivity index (χ0) is 15.9. The molecule has 6 heteroatoms. The highest BCUT2D eigenvalue weighted by Crippen LogP contribution is 2.26. The molecule has 0 atom stereocenters. The lowest BCUT2D eigenvalue weighted by Crippen LogP contribution is -2.47. The van der Waals surface area contributed by atoms with Gasteiger partial charge in [0.15, 0.2) is 0 Å². The van der Waals surface area contributed by atoms with Crippen molar-refractivity contribution in [3.63, 3.8) is 0 Å². The van der Waals surface area contributed by atoms with E-state index in [1.807, 2.05) is 27.7 Å². The van der Waals surface area contributed by atoms with Crippen LogP contribution >= 0.6 is 0 Å². The van der Waals surface area contributed by atoms with Crippen LogP contribution in [0.4, 0.5) is 5.69 Å². The largest absolute Gasteiger partial charge is 0.384 e. The van der Waals surface area contributed by atoms with Gasteiger partial charge in [-0.05, 0) is 31.7 Å². The lowest BCUT2D eigenvalue weighted by molar-refractivity contribution is 0.341. The third kappa shape index (κ3) is 4.41. The number of pyridine rings is 1. The van der Waals surface area contributed by atoms with Crippen LogP contribution in [0.1, 0.15) is 53.4 Å². The molecular weight excluding hydrogens is 286 g/mol. The minimum absolute atomic E-state index is 0.221. The molecule has 0 saturated carbocycles. The maximum atomic E-state index is 12.7. The van der Waals surface area contributed by atoms with Crippen LogP contribution in [0, 0.1) is 0 Å². The number of rotatable bonds is 9. The molecule has 1 rings (SSSR count). The summed E-state index contributed by atoms with van der Waals surface area (Å²) in [6, 6.07) is 1.70. The number of nitrogens with zero attached hydrogens (tertiary/aromatic N) is 1.